The molecule has 0 bridgehead atoms. The van der Waals surface area contributed by atoms with Crippen molar-refractivity contribution < 1.29 is 0 Å². The molecule has 0 rings (SSSR count). The van der Waals surface area contributed by atoms with Gasteiger partial charge in [0.15, 0.2) is 0 Å². The molecule has 0 saturated heterocycles. The average Bonchev–Trinajstić information content (AvgIpc) is 2.33. The minimum absolute atomic E-state index is 0.132. The topological polar surface area (TPSA) is 49.9 Å². The zero-order valence-electron chi connectivity index (χ0n) is 13.3. The first-order chi connectivity index (χ1) is 8.31. The van der Waals surface area contributed by atoms with Gasteiger partial charge in [0, 0.05) is 11.3 Å². The predicted octanol–water partition coefficient (Wildman–Crippen LogP) is 4.62. The van der Waals surface area contributed by atoms with E-state index in [1.807, 2.05) is 0 Å². The lowest BCUT2D eigenvalue weighted by Crippen LogP contribution is -2.53. The van der Waals surface area contributed by atoms with E-state index in [0.717, 1.165) is 37.8 Å². The summed E-state index contributed by atoms with van der Waals surface area (Å²) in [4.78, 5) is 0. The van der Waals surface area contributed by atoms with Gasteiger partial charge in [0.2, 0.25) is 0 Å². The van der Waals surface area contributed by atoms with E-state index < -0.39 is 0 Å². The van der Waals surface area contributed by atoms with Crippen LogP contribution in [0.15, 0.2) is 0 Å². The Morgan fingerprint density at radius 2 is 1.67 bits per heavy atom. The van der Waals surface area contributed by atoms with Gasteiger partial charge in [-0.1, -0.05) is 54.4 Å². The van der Waals surface area contributed by atoms with E-state index in [0.29, 0.717) is 17.8 Å². The van der Waals surface area contributed by atoms with Crippen molar-refractivity contribution in [3.8, 4) is 0 Å². The number of nitrogens with two attached hydrogens (primary N) is 1. The van der Waals surface area contributed by atoms with Crippen LogP contribution in [0.3, 0.4) is 0 Å². The number of rotatable bonds is 9. The Kier molecular flexibility index (Phi) is 7.77. The van der Waals surface area contributed by atoms with E-state index in [2.05, 4.69) is 41.5 Å². The van der Waals surface area contributed by atoms with E-state index in [4.69, 9.17) is 11.1 Å². The number of unbranched alkanes of at least 4 members (excludes halogenated alkanes) is 1. The van der Waals surface area contributed by atoms with Crippen LogP contribution in [0.5, 0.6) is 0 Å². The lowest BCUT2D eigenvalue weighted by molar-refractivity contribution is 0.168. The van der Waals surface area contributed by atoms with Crippen molar-refractivity contribution in [1.29, 1.82) is 5.41 Å². The second kappa shape index (κ2) is 7.93. The average molecular weight is 254 g/mol. The summed E-state index contributed by atoms with van der Waals surface area (Å²) < 4.78 is 0. The van der Waals surface area contributed by atoms with Crippen LogP contribution in [0.25, 0.3) is 0 Å². The maximum Gasteiger partial charge on any atom is 0.0209 e. The predicted molar refractivity (Wildman–Crippen MR) is 82.2 cm³/mol. The molecule has 3 N–H and O–H groups in total. The highest BCUT2D eigenvalue weighted by Crippen LogP contribution is 2.34. The summed E-state index contributed by atoms with van der Waals surface area (Å²) in [6.07, 6.45) is 5.40. The smallest absolute Gasteiger partial charge is 0.0209 e. The second-order valence-corrected chi connectivity index (χ2v) is 6.22. The Labute approximate surface area is 114 Å². The fourth-order valence-electron chi connectivity index (χ4n) is 2.84. The Balaban J connectivity index is 4.76. The summed E-state index contributed by atoms with van der Waals surface area (Å²) in [7, 11) is 0. The van der Waals surface area contributed by atoms with Crippen molar-refractivity contribution in [1.82, 2.24) is 0 Å². The van der Waals surface area contributed by atoms with Gasteiger partial charge >= 0.3 is 0 Å². The SMILES string of the molecule is CCCCC(=N)C(C)C(C)C(N)(CCC)C(C)C. The van der Waals surface area contributed by atoms with E-state index in [1.54, 1.807) is 0 Å². The molecule has 2 nitrogen and oxygen atoms in total. The molecule has 108 valence electrons. The molecule has 0 heterocycles. The van der Waals surface area contributed by atoms with Crippen molar-refractivity contribution in [2.75, 3.05) is 0 Å². The van der Waals surface area contributed by atoms with Crippen LogP contribution >= 0.6 is 0 Å². The third kappa shape index (κ3) is 4.38. The summed E-state index contributed by atoms with van der Waals surface area (Å²) in [5.74, 6) is 1.14. The van der Waals surface area contributed by atoms with Gasteiger partial charge < -0.3 is 11.1 Å². The van der Waals surface area contributed by atoms with Crippen LogP contribution in [0, 0.1) is 23.2 Å². The maximum atomic E-state index is 8.23. The number of hydrogen-bond donors (Lipinski definition) is 2. The standard InChI is InChI=1S/C16H34N2/c1-7-9-10-15(17)13(5)14(6)16(18,11-8-2)12(3)4/h12-14,17H,7-11,18H2,1-6H3. The van der Waals surface area contributed by atoms with Crippen molar-refractivity contribution in [3.05, 3.63) is 0 Å². The van der Waals surface area contributed by atoms with Gasteiger partial charge in [-0.15, -0.1) is 0 Å². The quantitative estimate of drug-likeness (QED) is 0.579. The molecule has 3 unspecified atom stereocenters. The highest BCUT2D eigenvalue weighted by atomic mass is 14.8. The molecule has 18 heavy (non-hydrogen) atoms. The van der Waals surface area contributed by atoms with Crippen molar-refractivity contribution in [3.63, 3.8) is 0 Å². The third-order valence-corrected chi connectivity index (χ3v) is 4.71. The largest absolute Gasteiger partial charge is 0.325 e. The summed E-state index contributed by atoms with van der Waals surface area (Å²) in [5, 5.41) is 8.23. The van der Waals surface area contributed by atoms with Gasteiger partial charge in [0.25, 0.3) is 0 Å². The molecule has 3 atom stereocenters. The molecular weight excluding hydrogens is 220 g/mol. The number of hydrogen-bond acceptors (Lipinski definition) is 2. The molecule has 0 fully saturated rings. The van der Waals surface area contributed by atoms with Gasteiger partial charge in [0.1, 0.15) is 0 Å². The molecule has 0 aliphatic rings. The van der Waals surface area contributed by atoms with Crippen molar-refractivity contribution >= 4 is 5.71 Å². The normalized spacial score (nSPS) is 18.4. The number of nitrogens with one attached hydrogen (secondary N) is 1. The van der Waals surface area contributed by atoms with E-state index >= 15 is 0 Å². The Bertz CT molecular complexity index is 247. The second-order valence-electron chi connectivity index (χ2n) is 6.22. The highest BCUT2D eigenvalue weighted by molar-refractivity contribution is 5.83. The van der Waals surface area contributed by atoms with Crippen molar-refractivity contribution in [2.45, 2.75) is 79.2 Å². The summed E-state index contributed by atoms with van der Waals surface area (Å²) in [5.41, 5.74) is 7.42. The van der Waals surface area contributed by atoms with Gasteiger partial charge in [-0.25, -0.2) is 0 Å². The van der Waals surface area contributed by atoms with Crippen LogP contribution in [-0.4, -0.2) is 11.3 Å². The van der Waals surface area contributed by atoms with E-state index in [9.17, 15) is 0 Å². The van der Waals surface area contributed by atoms with Gasteiger partial charge in [-0.3, -0.25) is 0 Å². The van der Waals surface area contributed by atoms with E-state index in [-0.39, 0.29) is 5.54 Å². The first kappa shape index (κ1) is 17.6. The minimum Gasteiger partial charge on any atom is -0.325 e. The van der Waals surface area contributed by atoms with Crippen LogP contribution in [-0.2, 0) is 0 Å². The zero-order chi connectivity index (χ0) is 14.3. The third-order valence-electron chi connectivity index (χ3n) is 4.71. The molecule has 0 spiro atoms. The lowest BCUT2D eigenvalue weighted by Gasteiger charge is -2.42. The van der Waals surface area contributed by atoms with Crippen LogP contribution in [0.4, 0.5) is 0 Å². The van der Waals surface area contributed by atoms with Gasteiger partial charge in [0.05, 0.1) is 0 Å². The molecule has 0 aliphatic carbocycles. The molecule has 0 aromatic heterocycles. The van der Waals surface area contributed by atoms with Gasteiger partial charge in [-0.2, -0.15) is 0 Å². The summed E-state index contributed by atoms with van der Waals surface area (Å²) >= 11 is 0. The fraction of sp³-hybridized carbons (Fsp3) is 0.938. The van der Waals surface area contributed by atoms with Crippen LogP contribution in [0.1, 0.15) is 73.6 Å². The minimum atomic E-state index is -0.132. The first-order valence-electron chi connectivity index (χ1n) is 7.67. The molecule has 2 heteroatoms. The Morgan fingerprint density at radius 1 is 1.11 bits per heavy atom. The molecule has 0 aliphatic heterocycles. The van der Waals surface area contributed by atoms with Crippen LogP contribution < -0.4 is 5.73 Å². The van der Waals surface area contributed by atoms with Crippen molar-refractivity contribution in [2.24, 2.45) is 23.5 Å². The lowest BCUT2D eigenvalue weighted by atomic mass is 9.68. The summed E-state index contributed by atoms with van der Waals surface area (Å²) in [6.45, 7) is 13.2. The molecular formula is C16H34N2. The fourth-order valence-corrected chi connectivity index (χ4v) is 2.84. The maximum absolute atomic E-state index is 8.23. The molecule has 0 amide bonds. The highest BCUT2D eigenvalue weighted by Gasteiger charge is 2.38. The summed E-state index contributed by atoms with van der Waals surface area (Å²) in [6, 6.07) is 0. The molecule has 0 aromatic rings. The Morgan fingerprint density at radius 3 is 2.06 bits per heavy atom. The molecule has 0 aromatic carbocycles. The zero-order valence-corrected chi connectivity index (χ0v) is 13.3. The molecule has 0 saturated carbocycles. The van der Waals surface area contributed by atoms with E-state index in [1.165, 1.54) is 0 Å². The first-order valence-corrected chi connectivity index (χ1v) is 7.67. The van der Waals surface area contributed by atoms with Gasteiger partial charge in [-0.05, 0) is 37.0 Å². The molecule has 0 radical (unpaired) electrons. The monoisotopic (exact) mass is 254 g/mol. The van der Waals surface area contributed by atoms with Crippen LogP contribution in [0.2, 0.25) is 0 Å². The Hall–Kier alpha value is -0.370.